The standard InChI is InChI=1S/C12H14BrNO2/c13-10-3-4-11-9(8-10)5-7-14(11)6-1-2-12(15)16/h3-4,8H,1-2,5-7H2,(H,15,16). The van der Waals surface area contributed by atoms with Gasteiger partial charge in [-0.25, -0.2) is 0 Å². The van der Waals surface area contributed by atoms with Crippen molar-refractivity contribution in [3.63, 3.8) is 0 Å². The predicted molar refractivity (Wildman–Crippen MR) is 66.9 cm³/mol. The van der Waals surface area contributed by atoms with E-state index < -0.39 is 5.97 Å². The van der Waals surface area contributed by atoms with Crippen molar-refractivity contribution in [3.05, 3.63) is 28.2 Å². The van der Waals surface area contributed by atoms with Gasteiger partial charge in [0.25, 0.3) is 0 Å². The molecule has 3 nitrogen and oxygen atoms in total. The zero-order chi connectivity index (χ0) is 11.5. The summed E-state index contributed by atoms with van der Waals surface area (Å²) in [6.45, 7) is 1.84. The monoisotopic (exact) mass is 283 g/mol. The van der Waals surface area contributed by atoms with Gasteiger partial charge in [0.05, 0.1) is 0 Å². The highest BCUT2D eigenvalue weighted by Gasteiger charge is 2.18. The first kappa shape index (κ1) is 11.5. The number of hydrogen-bond acceptors (Lipinski definition) is 2. The highest BCUT2D eigenvalue weighted by atomic mass is 79.9. The number of carbonyl (C=O) groups is 1. The maximum Gasteiger partial charge on any atom is 0.303 e. The lowest BCUT2D eigenvalue weighted by Gasteiger charge is -2.18. The number of halogens is 1. The predicted octanol–water partition coefficient (Wildman–Crippen LogP) is 2.68. The number of rotatable bonds is 4. The molecule has 0 saturated heterocycles. The smallest absolute Gasteiger partial charge is 0.303 e. The molecular weight excluding hydrogens is 270 g/mol. The average molecular weight is 284 g/mol. The molecule has 0 amide bonds. The van der Waals surface area contributed by atoms with Crippen LogP contribution in [0.2, 0.25) is 0 Å². The van der Waals surface area contributed by atoms with Crippen LogP contribution in [0.4, 0.5) is 5.69 Å². The topological polar surface area (TPSA) is 40.5 Å². The quantitative estimate of drug-likeness (QED) is 0.924. The zero-order valence-electron chi connectivity index (χ0n) is 8.95. The zero-order valence-corrected chi connectivity index (χ0v) is 10.5. The van der Waals surface area contributed by atoms with Crippen molar-refractivity contribution < 1.29 is 9.90 Å². The Morgan fingerprint density at radius 3 is 3.06 bits per heavy atom. The summed E-state index contributed by atoms with van der Waals surface area (Å²) >= 11 is 3.46. The maximum atomic E-state index is 10.4. The molecule has 2 rings (SSSR count). The normalized spacial score (nSPS) is 13.9. The van der Waals surface area contributed by atoms with Gasteiger partial charge in [-0.1, -0.05) is 15.9 Å². The van der Waals surface area contributed by atoms with E-state index in [4.69, 9.17) is 5.11 Å². The van der Waals surface area contributed by atoms with Gasteiger partial charge in [0.2, 0.25) is 0 Å². The lowest BCUT2D eigenvalue weighted by Crippen LogP contribution is -2.22. The van der Waals surface area contributed by atoms with Crippen LogP contribution in [0.1, 0.15) is 18.4 Å². The second kappa shape index (κ2) is 4.87. The first-order chi connectivity index (χ1) is 7.66. The molecule has 0 spiro atoms. The summed E-state index contributed by atoms with van der Waals surface area (Å²) in [5, 5.41) is 8.59. The summed E-state index contributed by atoms with van der Waals surface area (Å²) in [5.74, 6) is -0.713. The van der Waals surface area contributed by atoms with Gasteiger partial charge in [-0.3, -0.25) is 4.79 Å². The molecule has 4 heteroatoms. The van der Waals surface area contributed by atoms with Crippen molar-refractivity contribution in [2.45, 2.75) is 19.3 Å². The van der Waals surface area contributed by atoms with Crippen LogP contribution in [0.25, 0.3) is 0 Å². The fourth-order valence-electron chi connectivity index (χ4n) is 2.09. The Hall–Kier alpha value is -1.03. The van der Waals surface area contributed by atoms with Crippen LogP contribution in [0.3, 0.4) is 0 Å². The molecule has 0 saturated carbocycles. The number of benzene rings is 1. The minimum Gasteiger partial charge on any atom is -0.481 e. The molecule has 0 aromatic heterocycles. The first-order valence-electron chi connectivity index (χ1n) is 5.42. The molecule has 86 valence electrons. The highest BCUT2D eigenvalue weighted by molar-refractivity contribution is 9.10. The Kier molecular flexibility index (Phi) is 3.49. The number of carboxylic acid groups (broad SMARTS) is 1. The molecule has 1 aliphatic heterocycles. The van der Waals surface area contributed by atoms with Gasteiger partial charge in [0, 0.05) is 29.7 Å². The van der Waals surface area contributed by atoms with Crippen molar-refractivity contribution in [2.75, 3.05) is 18.0 Å². The Bertz CT molecular complexity index is 406. The van der Waals surface area contributed by atoms with Crippen molar-refractivity contribution in [3.8, 4) is 0 Å². The van der Waals surface area contributed by atoms with Crippen LogP contribution < -0.4 is 4.90 Å². The minimum absolute atomic E-state index is 0.252. The summed E-state index contributed by atoms with van der Waals surface area (Å²) < 4.78 is 1.11. The highest BCUT2D eigenvalue weighted by Crippen LogP contribution is 2.30. The summed E-state index contributed by atoms with van der Waals surface area (Å²) in [7, 11) is 0. The minimum atomic E-state index is -0.713. The lowest BCUT2D eigenvalue weighted by molar-refractivity contribution is -0.137. The van der Waals surface area contributed by atoms with Crippen molar-refractivity contribution in [1.29, 1.82) is 0 Å². The van der Waals surface area contributed by atoms with E-state index in [2.05, 4.69) is 33.0 Å². The Morgan fingerprint density at radius 1 is 1.50 bits per heavy atom. The van der Waals surface area contributed by atoms with E-state index in [0.717, 1.165) is 24.0 Å². The van der Waals surface area contributed by atoms with E-state index in [1.54, 1.807) is 0 Å². The second-order valence-electron chi connectivity index (χ2n) is 4.01. The van der Waals surface area contributed by atoms with Gasteiger partial charge in [-0.2, -0.15) is 0 Å². The van der Waals surface area contributed by atoms with Gasteiger partial charge < -0.3 is 10.0 Å². The molecule has 1 aliphatic rings. The molecule has 0 radical (unpaired) electrons. The van der Waals surface area contributed by atoms with Crippen LogP contribution in [-0.4, -0.2) is 24.2 Å². The summed E-state index contributed by atoms with van der Waals surface area (Å²) in [6.07, 6.45) is 2.02. The van der Waals surface area contributed by atoms with Crippen molar-refractivity contribution in [1.82, 2.24) is 0 Å². The van der Waals surface area contributed by atoms with E-state index in [-0.39, 0.29) is 6.42 Å². The van der Waals surface area contributed by atoms with Gasteiger partial charge in [-0.05, 0) is 36.6 Å². The van der Waals surface area contributed by atoms with Gasteiger partial charge in [0.15, 0.2) is 0 Å². The molecule has 1 N–H and O–H groups in total. The molecule has 1 heterocycles. The maximum absolute atomic E-state index is 10.4. The van der Waals surface area contributed by atoms with Gasteiger partial charge in [-0.15, -0.1) is 0 Å². The number of aliphatic carboxylic acids is 1. The average Bonchev–Trinajstić information content (AvgIpc) is 2.60. The second-order valence-corrected chi connectivity index (χ2v) is 4.92. The number of carboxylic acids is 1. The molecule has 16 heavy (non-hydrogen) atoms. The van der Waals surface area contributed by atoms with E-state index >= 15 is 0 Å². The van der Waals surface area contributed by atoms with Crippen LogP contribution in [0, 0.1) is 0 Å². The van der Waals surface area contributed by atoms with E-state index in [0.29, 0.717) is 6.42 Å². The molecule has 1 aromatic carbocycles. The van der Waals surface area contributed by atoms with E-state index in [1.165, 1.54) is 11.3 Å². The van der Waals surface area contributed by atoms with Crippen LogP contribution in [0.15, 0.2) is 22.7 Å². The number of hydrogen-bond donors (Lipinski definition) is 1. The number of anilines is 1. The van der Waals surface area contributed by atoms with E-state index in [1.807, 2.05) is 6.07 Å². The fraction of sp³-hybridized carbons (Fsp3) is 0.417. The molecule has 0 unspecified atom stereocenters. The first-order valence-corrected chi connectivity index (χ1v) is 6.21. The Balaban J connectivity index is 1.98. The summed E-state index contributed by atoms with van der Waals surface area (Å²) in [4.78, 5) is 12.7. The summed E-state index contributed by atoms with van der Waals surface area (Å²) in [6, 6.07) is 6.29. The Morgan fingerprint density at radius 2 is 2.31 bits per heavy atom. The molecule has 1 aromatic rings. The van der Waals surface area contributed by atoms with Crippen molar-refractivity contribution in [2.24, 2.45) is 0 Å². The van der Waals surface area contributed by atoms with E-state index in [9.17, 15) is 4.79 Å². The molecule has 0 fully saturated rings. The molecule has 0 bridgehead atoms. The van der Waals surface area contributed by atoms with Crippen LogP contribution >= 0.6 is 15.9 Å². The Labute approximate surface area is 103 Å². The largest absolute Gasteiger partial charge is 0.481 e. The SMILES string of the molecule is O=C(O)CCCN1CCc2cc(Br)ccc21. The number of nitrogens with zero attached hydrogens (tertiary/aromatic N) is 1. The van der Waals surface area contributed by atoms with Gasteiger partial charge >= 0.3 is 5.97 Å². The third-order valence-electron chi connectivity index (χ3n) is 2.85. The van der Waals surface area contributed by atoms with Crippen LogP contribution in [-0.2, 0) is 11.2 Å². The third-order valence-corrected chi connectivity index (χ3v) is 3.35. The molecule has 0 atom stereocenters. The van der Waals surface area contributed by atoms with Crippen molar-refractivity contribution >= 4 is 27.6 Å². The van der Waals surface area contributed by atoms with Crippen LogP contribution in [0.5, 0.6) is 0 Å². The third kappa shape index (κ3) is 2.55. The summed E-state index contributed by atoms with van der Waals surface area (Å²) in [5.41, 5.74) is 2.61. The number of fused-ring (bicyclic) bond motifs is 1. The lowest BCUT2D eigenvalue weighted by atomic mass is 10.2. The van der Waals surface area contributed by atoms with Gasteiger partial charge in [0.1, 0.15) is 0 Å². The fourth-order valence-corrected chi connectivity index (χ4v) is 2.50. The molecule has 0 aliphatic carbocycles. The molecular formula is C12H14BrNO2.